The van der Waals surface area contributed by atoms with Crippen LogP contribution in [0.3, 0.4) is 0 Å². The summed E-state index contributed by atoms with van der Waals surface area (Å²) in [5.74, 6) is 1.12. The van der Waals surface area contributed by atoms with Crippen LogP contribution in [0.4, 0.5) is 0 Å². The van der Waals surface area contributed by atoms with E-state index in [0.717, 1.165) is 30.1 Å². The zero-order valence-corrected chi connectivity index (χ0v) is 13.4. The third-order valence-electron chi connectivity index (χ3n) is 3.78. The van der Waals surface area contributed by atoms with Gasteiger partial charge in [0.15, 0.2) is 0 Å². The number of hydrogen-bond acceptors (Lipinski definition) is 2. The summed E-state index contributed by atoms with van der Waals surface area (Å²) in [7, 11) is 0. The molecule has 0 spiro atoms. The number of nitrogens with one attached hydrogen (secondary N) is 1. The van der Waals surface area contributed by atoms with Gasteiger partial charge in [0.25, 0.3) is 0 Å². The Hall–Kier alpha value is -1.64. The van der Waals surface area contributed by atoms with Crippen LogP contribution >= 0.6 is 0 Å². The minimum absolute atomic E-state index is 1.01. The van der Waals surface area contributed by atoms with Crippen LogP contribution in [0.15, 0.2) is 24.4 Å². The van der Waals surface area contributed by atoms with Gasteiger partial charge in [-0.1, -0.05) is 45.6 Å². The normalized spacial score (nSPS) is 11.0. The molecule has 3 heteroatoms. The van der Waals surface area contributed by atoms with Crippen molar-refractivity contribution in [3.8, 4) is 11.4 Å². The lowest BCUT2D eigenvalue weighted by atomic mass is 10.1. The first-order chi connectivity index (χ1) is 10.3. The summed E-state index contributed by atoms with van der Waals surface area (Å²) in [5.41, 5.74) is 3.32. The van der Waals surface area contributed by atoms with E-state index in [0.29, 0.717) is 0 Å². The number of hydrogen-bond donors (Lipinski definition) is 1. The average Bonchev–Trinajstić information content (AvgIpc) is 2.92. The van der Waals surface area contributed by atoms with E-state index >= 15 is 0 Å². The lowest BCUT2D eigenvalue weighted by Gasteiger charge is -2.01. The summed E-state index contributed by atoms with van der Waals surface area (Å²) < 4.78 is 0. The molecule has 2 aromatic heterocycles. The van der Waals surface area contributed by atoms with Gasteiger partial charge in [0.1, 0.15) is 5.82 Å². The Labute approximate surface area is 128 Å². The van der Waals surface area contributed by atoms with Crippen LogP contribution in [0.25, 0.3) is 11.4 Å². The molecular formula is C18H27N3. The number of H-pyrrole nitrogens is 1. The summed E-state index contributed by atoms with van der Waals surface area (Å²) in [4.78, 5) is 12.8. The number of rotatable bonds is 9. The van der Waals surface area contributed by atoms with E-state index in [1.165, 1.54) is 44.2 Å². The van der Waals surface area contributed by atoms with Crippen molar-refractivity contribution in [3.05, 3.63) is 35.9 Å². The monoisotopic (exact) mass is 285 g/mol. The van der Waals surface area contributed by atoms with Gasteiger partial charge in [-0.25, -0.2) is 4.98 Å². The second-order valence-electron chi connectivity index (χ2n) is 5.63. The molecule has 0 aromatic carbocycles. The minimum Gasteiger partial charge on any atom is -0.340 e. The molecule has 0 aliphatic rings. The third kappa shape index (κ3) is 4.69. The topological polar surface area (TPSA) is 41.6 Å². The summed E-state index contributed by atoms with van der Waals surface area (Å²) in [5, 5.41) is 0. The molecule has 0 amide bonds. The highest BCUT2D eigenvalue weighted by atomic mass is 14.9. The summed E-state index contributed by atoms with van der Waals surface area (Å²) in [6.45, 7) is 4.47. The zero-order valence-electron chi connectivity index (χ0n) is 13.4. The maximum absolute atomic E-state index is 4.83. The summed E-state index contributed by atoms with van der Waals surface area (Å²) in [6, 6.07) is 6.06. The van der Waals surface area contributed by atoms with E-state index in [1.54, 1.807) is 0 Å². The van der Waals surface area contributed by atoms with Crippen molar-refractivity contribution in [1.29, 1.82) is 0 Å². The molecule has 0 fully saturated rings. The van der Waals surface area contributed by atoms with Crippen molar-refractivity contribution in [2.75, 3.05) is 0 Å². The van der Waals surface area contributed by atoms with Gasteiger partial charge in [0.2, 0.25) is 0 Å². The van der Waals surface area contributed by atoms with E-state index in [4.69, 9.17) is 4.98 Å². The van der Waals surface area contributed by atoms with Crippen molar-refractivity contribution in [2.24, 2.45) is 0 Å². The standard InChI is InChI=1S/C18H27N3/c1-3-5-7-12-16-18(15-11-9-10-14-19-15)21-17(20-16)13-8-6-4-2/h9-11,14H,3-8,12-13H2,1-2H3,(H,20,21). The first kappa shape index (κ1) is 15.7. The molecule has 1 N–H and O–H groups in total. The van der Waals surface area contributed by atoms with Crippen molar-refractivity contribution >= 4 is 0 Å². The molecule has 2 heterocycles. The Morgan fingerprint density at radius 2 is 1.71 bits per heavy atom. The molecule has 0 saturated carbocycles. The van der Waals surface area contributed by atoms with Crippen LogP contribution in [0.5, 0.6) is 0 Å². The Morgan fingerprint density at radius 3 is 2.38 bits per heavy atom. The van der Waals surface area contributed by atoms with E-state index in [1.807, 2.05) is 18.3 Å². The SMILES string of the molecule is CCCCCc1nc(CCCCC)c(-c2ccccn2)[nH]1. The highest BCUT2D eigenvalue weighted by molar-refractivity contribution is 5.57. The first-order valence-corrected chi connectivity index (χ1v) is 8.34. The predicted octanol–water partition coefficient (Wildman–Crippen LogP) is 4.94. The molecule has 0 bridgehead atoms. The molecule has 0 saturated heterocycles. The van der Waals surface area contributed by atoms with Crippen LogP contribution in [0, 0.1) is 0 Å². The smallest absolute Gasteiger partial charge is 0.106 e. The van der Waals surface area contributed by atoms with Gasteiger partial charge in [0.05, 0.1) is 17.1 Å². The van der Waals surface area contributed by atoms with Crippen LogP contribution in [0.2, 0.25) is 0 Å². The Kier molecular flexibility index (Phi) is 6.45. The minimum atomic E-state index is 1.01. The van der Waals surface area contributed by atoms with Crippen molar-refractivity contribution < 1.29 is 0 Å². The second-order valence-corrected chi connectivity index (χ2v) is 5.63. The number of aryl methyl sites for hydroxylation is 2. The average molecular weight is 285 g/mol. The molecule has 2 aromatic rings. The first-order valence-electron chi connectivity index (χ1n) is 8.34. The fraction of sp³-hybridized carbons (Fsp3) is 0.556. The molecule has 0 unspecified atom stereocenters. The van der Waals surface area contributed by atoms with Crippen LogP contribution in [-0.2, 0) is 12.8 Å². The zero-order chi connectivity index (χ0) is 14.9. The van der Waals surface area contributed by atoms with Gasteiger partial charge < -0.3 is 4.98 Å². The van der Waals surface area contributed by atoms with Gasteiger partial charge in [-0.2, -0.15) is 0 Å². The van der Waals surface area contributed by atoms with Crippen molar-refractivity contribution in [2.45, 2.75) is 65.2 Å². The fourth-order valence-electron chi connectivity index (χ4n) is 2.57. The molecule has 0 aliphatic heterocycles. The molecule has 0 aliphatic carbocycles. The highest BCUT2D eigenvalue weighted by Crippen LogP contribution is 2.22. The van der Waals surface area contributed by atoms with E-state index < -0.39 is 0 Å². The molecule has 114 valence electrons. The lowest BCUT2D eigenvalue weighted by molar-refractivity contribution is 0.690. The van der Waals surface area contributed by atoms with Crippen LogP contribution in [-0.4, -0.2) is 15.0 Å². The Bertz CT molecular complexity index is 517. The van der Waals surface area contributed by atoms with Gasteiger partial charge in [-0.05, 0) is 31.4 Å². The van der Waals surface area contributed by atoms with Crippen LogP contribution in [0.1, 0.15) is 63.9 Å². The number of aromatic amines is 1. The summed E-state index contributed by atoms with van der Waals surface area (Å²) >= 11 is 0. The lowest BCUT2D eigenvalue weighted by Crippen LogP contribution is -1.91. The number of imidazole rings is 1. The molecule has 0 atom stereocenters. The van der Waals surface area contributed by atoms with Gasteiger partial charge >= 0.3 is 0 Å². The number of pyridine rings is 1. The number of nitrogens with zero attached hydrogens (tertiary/aromatic N) is 2. The largest absolute Gasteiger partial charge is 0.340 e. The maximum Gasteiger partial charge on any atom is 0.106 e. The fourth-order valence-corrected chi connectivity index (χ4v) is 2.57. The van der Waals surface area contributed by atoms with Gasteiger partial charge in [-0.15, -0.1) is 0 Å². The third-order valence-corrected chi connectivity index (χ3v) is 3.78. The molecule has 3 nitrogen and oxygen atoms in total. The van der Waals surface area contributed by atoms with E-state index in [-0.39, 0.29) is 0 Å². The molecule has 2 rings (SSSR count). The Balaban J connectivity index is 2.15. The molecular weight excluding hydrogens is 258 g/mol. The second kappa shape index (κ2) is 8.60. The van der Waals surface area contributed by atoms with E-state index in [2.05, 4.69) is 29.9 Å². The van der Waals surface area contributed by atoms with Crippen molar-refractivity contribution in [1.82, 2.24) is 15.0 Å². The van der Waals surface area contributed by atoms with Gasteiger partial charge in [-0.3, -0.25) is 4.98 Å². The Morgan fingerprint density at radius 1 is 0.952 bits per heavy atom. The number of unbranched alkanes of at least 4 members (excludes halogenated alkanes) is 4. The predicted molar refractivity (Wildman–Crippen MR) is 88.3 cm³/mol. The number of aromatic nitrogens is 3. The maximum atomic E-state index is 4.83. The van der Waals surface area contributed by atoms with E-state index in [9.17, 15) is 0 Å². The highest BCUT2D eigenvalue weighted by Gasteiger charge is 2.12. The summed E-state index contributed by atoms with van der Waals surface area (Å²) in [6.07, 6.45) is 11.4. The van der Waals surface area contributed by atoms with Crippen molar-refractivity contribution in [3.63, 3.8) is 0 Å². The molecule has 21 heavy (non-hydrogen) atoms. The van der Waals surface area contributed by atoms with Gasteiger partial charge in [0, 0.05) is 12.6 Å². The molecule has 0 radical (unpaired) electrons. The quantitative estimate of drug-likeness (QED) is 0.663. The van der Waals surface area contributed by atoms with Crippen LogP contribution < -0.4 is 0 Å².